The Morgan fingerprint density at radius 1 is 1.18 bits per heavy atom. The van der Waals surface area contributed by atoms with Gasteiger partial charge in [-0.15, -0.1) is 0 Å². The van der Waals surface area contributed by atoms with Crippen molar-refractivity contribution in [3.8, 4) is 0 Å². The largest absolute Gasteiger partial charge is 0.465 e. The number of rotatable bonds is 5. The van der Waals surface area contributed by atoms with Crippen LogP contribution in [0.5, 0.6) is 0 Å². The van der Waals surface area contributed by atoms with Gasteiger partial charge < -0.3 is 24.6 Å². The summed E-state index contributed by atoms with van der Waals surface area (Å²) >= 11 is 0. The maximum Gasteiger partial charge on any atom is 0.409 e. The topological polar surface area (TPSA) is 96.9 Å². The number of nitrogens with one attached hydrogen (secondary N) is 1. The van der Waals surface area contributed by atoms with Crippen molar-refractivity contribution in [2.45, 2.75) is 6.92 Å². The molecular formula is C19H23N5O4. The smallest absolute Gasteiger partial charge is 0.409 e. The molecule has 9 heteroatoms. The van der Waals surface area contributed by atoms with Gasteiger partial charge in [0.05, 0.1) is 19.3 Å². The van der Waals surface area contributed by atoms with Crippen LogP contribution in [0.4, 0.5) is 22.2 Å². The first-order valence-electron chi connectivity index (χ1n) is 9.06. The monoisotopic (exact) mass is 385 g/mol. The van der Waals surface area contributed by atoms with Gasteiger partial charge in [-0.3, -0.25) is 0 Å². The number of benzene rings is 1. The van der Waals surface area contributed by atoms with Gasteiger partial charge in [-0.1, -0.05) is 6.07 Å². The maximum atomic E-state index is 11.8. The van der Waals surface area contributed by atoms with Gasteiger partial charge >= 0.3 is 12.1 Å². The van der Waals surface area contributed by atoms with Crippen molar-refractivity contribution < 1.29 is 19.1 Å². The molecule has 1 aliphatic heterocycles. The standard InChI is InChI=1S/C19H23N5O4/c1-3-28-19(26)24-11-9-23(10-12-24)16-7-8-20-18(22-16)21-15-6-4-5-14(13-15)17(25)27-2/h4-8,13H,3,9-12H2,1-2H3,(H,20,21,22). The van der Waals surface area contributed by atoms with E-state index in [0.29, 0.717) is 50.0 Å². The van der Waals surface area contributed by atoms with Crippen LogP contribution < -0.4 is 10.2 Å². The first-order chi connectivity index (χ1) is 13.6. The summed E-state index contributed by atoms with van der Waals surface area (Å²) in [5.41, 5.74) is 1.13. The number of anilines is 3. The van der Waals surface area contributed by atoms with Crippen LogP contribution in [-0.2, 0) is 9.47 Å². The van der Waals surface area contributed by atoms with Crippen molar-refractivity contribution in [2.75, 3.05) is 50.1 Å². The number of nitrogens with zero attached hydrogens (tertiary/aromatic N) is 4. The normalized spacial score (nSPS) is 13.8. The molecule has 9 nitrogen and oxygen atoms in total. The van der Waals surface area contributed by atoms with Crippen molar-refractivity contribution in [1.29, 1.82) is 0 Å². The lowest BCUT2D eigenvalue weighted by Gasteiger charge is -2.34. The summed E-state index contributed by atoms with van der Waals surface area (Å²) in [6.07, 6.45) is 1.39. The molecule has 0 spiro atoms. The third-order valence-electron chi connectivity index (χ3n) is 4.31. The van der Waals surface area contributed by atoms with Crippen LogP contribution in [0.1, 0.15) is 17.3 Å². The average Bonchev–Trinajstić information content (AvgIpc) is 2.74. The second-order valence-corrected chi connectivity index (χ2v) is 6.11. The Kier molecular flexibility index (Phi) is 6.25. The number of carbonyl (C=O) groups is 2. The van der Waals surface area contributed by atoms with Crippen LogP contribution in [0.15, 0.2) is 36.5 Å². The van der Waals surface area contributed by atoms with Crippen molar-refractivity contribution in [1.82, 2.24) is 14.9 Å². The Morgan fingerprint density at radius 3 is 2.68 bits per heavy atom. The molecule has 2 heterocycles. The van der Waals surface area contributed by atoms with E-state index in [0.717, 1.165) is 5.82 Å². The molecule has 0 radical (unpaired) electrons. The van der Waals surface area contributed by atoms with Gasteiger partial charge in [0.1, 0.15) is 5.82 Å². The highest BCUT2D eigenvalue weighted by Crippen LogP contribution is 2.19. The molecule has 0 atom stereocenters. The summed E-state index contributed by atoms with van der Waals surface area (Å²) in [7, 11) is 1.34. The molecule has 0 bridgehead atoms. The number of hydrogen-bond acceptors (Lipinski definition) is 8. The Hall–Kier alpha value is -3.36. The lowest BCUT2D eigenvalue weighted by atomic mass is 10.2. The van der Waals surface area contributed by atoms with Gasteiger partial charge in [0.2, 0.25) is 5.95 Å². The van der Waals surface area contributed by atoms with Crippen molar-refractivity contribution >= 4 is 29.5 Å². The van der Waals surface area contributed by atoms with Gasteiger partial charge in [0, 0.05) is 38.1 Å². The number of hydrogen-bond donors (Lipinski definition) is 1. The zero-order chi connectivity index (χ0) is 19.9. The Balaban J connectivity index is 1.65. The molecule has 3 rings (SSSR count). The van der Waals surface area contributed by atoms with Crippen LogP contribution in [0.25, 0.3) is 0 Å². The second kappa shape index (κ2) is 9.03. The Morgan fingerprint density at radius 2 is 1.96 bits per heavy atom. The van der Waals surface area contributed by atoms with Crippen LogP contribution in [-0.4, -0.2) is 66.8 Å². The number of carbonyl (C=O) groups excluding carboxylic acids is 2. The second-order valence-electron chi connectivity index (χ2n) is 6.11. The van der Waals surface area contributed by atoms with E-state index >= 15 is 0 Å². The molecule has 1 aromatic heterocycles. The number of ether oxygens (including phenoxy) is 2. The van der Waals surface area contributed by atoms with Gasteiger partial charge in [-0.2, -0.15) is 4.98 Å². The van der Waals surface area contributed by atoms with Crippen molar-refractivity contribution in [3.05, 3.63) is 42.1 Å². The first kappa shape index (κ1) is 19.4. The SMILES string of the molecule is CCOC(=O)N1CCN(c2ccnc(Nc3cccc(C(=O)OC)c3)n2)CC1. The maximum absolute atomic E-state index is 11.8. The molecule has 1 aromatic carbocycles. The summed E-state index contributed by atoms with van der Waals surface area (Å²) in [4.78, 5) is 36.1. The number of amides is 1. The summed E-state index contributed by atoms with van der Waals surface area (Å²) in [5.74, 6) is 0.787. The third-order valence-corrected chi connectivity index (χ3v) is 4.31. The first-order valence-corrected chi connectivity index (χ1v) is 9.06. The minimum absolute atomic E-state index is 0.280. The minimum Gasteiger partial charge on any atom is -0.465 e. The molecule has 0 unspecified atom stereocenters. The van der Waals surface area contributed by atoms with Gasteiger partial charge in [-0.05, 0) is 31.2 Å². The molecule has 0 saturated carbocycles. The number of piperazine rings is 1. The van der Waals surface area contributed by atoms with Crippen molar-refractivity contribution in [2.24, 2.45) is 0 Å². The molecule has 2 aromatic rings. The van der Waals surface area contributed by atoms with Gasteiger partial charge in [0.15, 0.2) is 0 Å². The van der Waals surface area contributed by atoms with E-state index in [2.05, 4.69) is 20.2 Å². The van der Waals surface area contributed by atoms with Gasteiger partial charge in [0.25, 0.3) is 0 Å². The fourth-order valence-corrected chi connectivity index (χ4v) is 2.89. The summed E-state index contributed by atoms with van der Waals surface area (Å²) in [6, 6.07) is 8.76. The average molecular weight is 385 g/mol. The number of esters is 1. The van der Waals surface area contributed by atoms with E-state index in [4.69, 9.17) is 9.47 Å². The molecule has 0 aliphatic carbocycles. The van der Waals surface area contributed by atoms with E-state index in [1.54, 1.807) is 36.2 Å². The fourth-order valence-electron chi connectivity index (χ4n) is 2.89. The molecule has 1 aliphatic rings. The van der Waals surface area contributed by atoms with E-state index < -0.39 is 5.97 Å². The van der Waals surface area contributed by atoms with E-state index in [9.17, 15) is 9.59 Å². The molecule has 28 heavy (non-hydrogen) atoms. The van der Waals surface area contributed by atoms with Crippen LogP contribution in [0.2, 0.25) is 0 Å². The molecule has 1 saturated heterocycles. The Bertz CT molecular complexity index is 837. The lowest BCUT2D eigenvalue weighted by molar-refractivity contribution is 0.0600. The minimum atomic E-state index is -0.405. The molecule has 148 valence electrons. The van der Waals surface area contributed by atoms with Crippen LogP contribution >= 0.6 is 0 Å². The lowest BCUT2D eigenvalue weighted by Crippen LogP contribution is -2.49. The fraction of sp³-hybridized carbons (Fsp3) is 0.368. The van der Waals surface area contributed by atoms with E-state index in [1.165, 1.54) is 7.11 Å². The van der Waals surface area contributed by atoms with Crippen LogP contribution in [0.3, 0.4) is 0 Å². The molecule has 1 fully saturated rings. The third kappa shape index (κ3) is 4.67. The summed E-state index contributed by atoms with van der Waals surface area (Å²) in [6.45, 7) is 4.64. The predicted octanol–water partition coefficient (Wildman–Crippen LogP) is 2.29. The number of methoxy groups -OCH3 is 1. The zero-order valence-electron chi connectivity index (χ0n) is 15.9. The highest BCUT2D eigenvalue weighted by atomic mass is 16.6. The van der Waals surface area contributed by atoms with Crippen molar-refractivity contribution in [3.63, 3.8) is 0 Å². The van der Waals surface area contributed by atoms with Crippen LogP contribution in [0, 0.1) is 0 Å². The van der Waals surface area contributed by atoms with Gasteiger partial charge in [-0.25, -0.2) is 14.6 Å². The quantitative estimate of drug-likeness (QED) is 0.783. The summed E-state index contributed by atoms with van der Waals surface area (Å²) in [5, 5.41) is 3.11. The number of aromatic nitrogens is 2. The molecular weight excluding hydrogens is 362 g/mol. The predicted molar refractivity (Wildman–Crippen MR) is 104 cm³/mol. The highest BCUT2D eigenvalue weighted by Gasteiger charge is 2.22. The zero-order valence-corrected chi connectivity index (χ0v) is 15.9. The molecule has 1 N–H and O–H groups in total. The van der Waals surface area contributed by atoms with E-state index in [-0.39, 0.29) is 6.09 Å². The molecule has 1 amide bonds. The summed E-state index contributed by atoms with van der Waals surface area (Å²) < 4.78 is 9.78. The Labute approximate surface area is 163 Å². The highest BCUT2D eigenvalue weighted by molar-refractivity contribution is 5.90. The van der Waals surface area contributed by atoms with E-state index in [1.807, 2.05) is 12.1 Å².